The average Bonchev–Trinajstić information content (AvgIpc) is 2.90. The molecule has 1 heterocycles. The minimum Gasteiger partial charge on any atom is -0.496 e. The highest BCUT2D eigenvalue weighted by molar-refractivity contribution is 7.14. The molecule has 1 aliphatic carbocycles. The zero-order chi connectivity index (χ0) is 16.9. The van der Waals surface area contributed by atoms with Gasteiger partial charge >= 0.3 is 5.97 Å². The van der Waals surface area contributed by atoms with Gasteiger partial charge in [-0.2, -0.15) is 0 Å². The third-order valence-corrected chi connectivity index (χ3v) is 5.41. The topological polar surface area (TPSA) is 52.6 Å². The summed E-state index contributed by atoms with van der Waals surface area (Å²) >= 11 is 1.50. The van der Waals surface area contributed by atoms with E-state index in [2.05, 4.69) is 0 Å². The van der Waals surface area contributed by atoms with Crippen molar-refractivity contribution in [2.45, 2.75) is 32.1 Å². The summed E-state index contributed by atoms with van der Waals surface area (Å²) in [6.07, 6.45) is 5.65. The average molecular weight is 344 g/mol. The van der Waals surface area contributed by atoms with Gasteiger partial charge in [0.05, 0.1) is 12.7 Å². The Kier molecular flexibility index (Phi) is 5.30. The molecule has 24 heavy (non-hydrogen) atoms. The van der Waals surface area contributed by atoms with Gasteiger partial charge in [-0.1, -0.05) is 18.6 Å². The van der Waals surface area contributed by atoms with Gasteiger partial charge in [0, 0.05) is 4.88 Å². The number of para-hydroxylation sites is 1. The van der Waals surface area contributed by atoms with Crippen LogP contribution in [0.15, 0.2) is 30.3 Å². The smallest absolute Gasteiger partial charge is 0.348 e. The third-order valence-electron chi connectivity index (χ3n) is 4.19. The number of hydrogen-bond donors (Lipinski definition) is 0. The van der Waals surface area contributed by atoms with Crippen molar-refractivity contribution in [1.29, 1.82) is 0 Å². The van der Waals surface area contributed by atoms with Crippen LogP contribution >= 0.6 is 11.3 Å². The number of aryl methyl sites for hydroxylation is 2. The van der Waals surface area contributed by atoms with Crippen LogP contribution in [0.5, 0.6) is 5.75 Å². The fourth-order valence-corrected chi connectivity index (χ4v) is 4.07. The highest BCUT2D eigenvalue weighted by atomic mass is 32.1. The van der Waals surface area contributed by atoms with Crippen LogP contribution in [0.1, 0.15) is 49.7 Å². The van der Waals surface area contributed by atoms with E-state index < -0.39 is 5.97 Å². The summed E-state index contributed by atoms with van der Waals surface area (Å²) < 4.78 is 10.4. The maximum absolute atomic E-state index is 12.2. The van der Waals surface area contributed by atoms with Crippen LogP contribution in [0.25, 0.3) is 0 Å². The Morgan fingerprint density at radius 1 is 1.12 bits per heavy atom. The Morgan fingerprint density at radius 3 is 2.75 bits per heavy atom. The molecule has 3 rings (SSSR count). The molecule has 0 bridgehead atoms. The lowest BCUT2D eigenvalue weighted by Gasteiger charge is -2.07. The second-order valence-corrected chi connectivity index (χ2v) is 6.96. The second kappa shape index (κ2) is 7.62. The van der Waals surface area contributed by atoms with Gasteiger partial charge in [-0.3, -0.25) is 4.79 Å². The van der Waals surface area contributed by atoms with E-state index in [1.165, 1.54) is 48.1 Å². The van der Waals surface area contributed by atoms with E-state index in [0.717, 1.165) is 12.8 Å². The first-order valence-corrected chi connectivity index (χ1v) is 8.95. The first-order chi connectivity index (χ1) is 11.7. The number of benzene rings is 1. The van der Waals surface area contributed by atoms with Crippen molar-refractivity contribution in [1.82, 2.24) is 0 Å². The van der Waals surface area contributed by atoms with Crippen molar-refractivity contribution in [3.8, 4) is 5.75 Å². The monoisotopic (exact) mass is 344 g/mol. The molecule has 126 valence electrons. The van der Waals surface area contributed by atoms with Crippen molar-refractivity contribution < 1.29 is 19.1 Å². The lowest BCUT2D eigenvalue weighted by molar-refractivity contribution is 0.0478. The third kappa shape index (κ3) is 3.67. The number of ether oxygens (including phenoxy) is 2. The molecular weight excluding hydrogens is 324 g/mol. The summed E-state index contributed by atoms with van der Waals surface area (Å²) in [7, 11) is 1.51. The summed E-state index contributed by atoms with van der Waals surface area (Å²) in [6, 6.07) is 8.86. The first kappa shape index (κ1) is 16.7. The molecule has 2 aromatic rings. The Morgan fingerprint density at radius 2 is 1.92 bits per heavy atom. The largest absolute Gasteiger partial charge is 0.496 e. The molecule has 0 N–H and O–H groups in total. The molecule has 0 spiro atoms. The van der Waals surface area contributed by atoms with Crippen molar-refractivity contribution in [3.05, 3.63) is 51.2 Å². The zero-order valence-corrected chi connectivity index (χ0v) is 14.5. The number of rotatable bonds is 5. The van der Waals surface area contributed by atoms with E-state index in [1.807, 2.05) is 6.07 Å². The molecule has 1 aromatic heterocycles. The Labute approximate surface area is 145 Å². The fraction of sp³-hybridized carbons (Fsp3) is 0.368. The molecule has 1 aliphatic rings. The molecule has 0 atom stereocenters. The molecule has 0 fully saturated rings. The van der Waals surface area contributed by atoms with Crippen LogP contribution < -0.4 is 4.74 Å². The molecular formula is C19H20O4S. The van der Waals surface area contributed by atoms with Gasteiger partial charge in [-0.15, -0.1) is 11.3 Å². The minimum absolute atomic E-state index is 0.265. The van der Waals surface area contributed by atoms with Gasteiger partial charge in [-0.25, -0.2) is 4.79 Å². The lowest BCUT2D eigenvalue weighted by atomic mass is 10.1. The molecule has 0 radical (unpaired) electrons. The van der Waals surface area contributed by atoms with E-state index in [4.69, 9.17) is 9.47 Å². The highest BCUT2D eigenvalue weighted by Gasteiger charge is 2.19. The van der Waals surface area contributed by atoms with Gasteiger partial charge in [0.1, 0.15) is 10.6 Å². The van der Waals surface area contributed by atoms with Gasteiger partial charge in [0.15, 0.2) is 6.61 Å². The maximum atomic E-state index is 12.2. The zero-order valence-electron chi connectivity index (χ0n) is 13.7. The summed E-state index contributed by atoms with van der Waals surface area (Å²) in [5, 5.41) is 0. The van der Waals surface area contributed by atoms with Crippen LogP contribution in [0.4, 0.5) is 0 Å². The van der Waals surface area contributed by atoms with Crippen LogP contribution in [0.3, 0.4) is 0 Å². The number of methoxy groups -OCH3 is 1. The summed E-state index contributed by atoms with van der Waals surface area (Å²) in [5.41, 5.74) is 1.69. The molecule has 0 aliphatic heterocycles. The standard InChI is InChI=1S/C19H20O4S/c1-22-16-9-6-5-8-14(16)15(20)12-23-19(21)18-11-13-7-3-2-4-10-17(13)24-18/h5-6,8-9,11H,2-4,7,10,12H2,1H3. The highest BCUT2D eigenvalue weighted by Crippen LogP contribution is 2.29. The van der Waals surface area contributed by atoms with E-state index in [1.54, 1.807) is 24.3 Å². The Balaban J connectivity index is 1.64. The molecule has 5 heteroatoms. The molecule has 0 unspecified atom stereocenters. The molecule has 4 nitrogen and oxygen atoms in total. The predicted molar refractivity (Wildman–Crippen MR) is 93.2 cm³/mol. The minimum atomic E-state index is -0.420. The SMILES string of the molecule is COc1ccccc1C(=O)COC(=O)c1cc2c(s1)CCCCC2. The Hall–Kier alpha value is -2.14. The van der Waals surface area contributed by atoms with E-state index >= 15 is 0 Å². The molecule has 0 saturated heterocycles. The summed E-state index contributed by atoms with van der Waals surface area (Å²) in [4.78, 5) is 26.4. The van der Waals surface area contributed by atoms with E-state index in [0.29, 0.717) is 16.2 Å². The van der Waals surface area contributed by atoms with Crippen molar-refractivity contribution in [2.75, 3.05) is 13.7 Å². The lowest BCUT2D eigenvalue weighted by Crippen LogP contribution is -2.14. The fourth-order valence-electron chi connectivity index (χ4n) is 2.92. The van der Waals surface area contributed by atoms with Gasteiger partial charge in [-0.05, 0) is 49.4 Å². The summed E-state index contributed by atoms with van der Waals surface area (Å²) in [5.74, 6) is -0.198. The molecule has 0 saturated carbocycles. The van der Waals surface area contributed by atoms with Crippen LogP contribution in [0, 0.1) is 0 Å². The van der Waals surface area contributed by atoms with Crippen molar-refractivity contribution in [3.63, 3.8) is 0 Å². The van der Waals surface area contributed by atoms with Crippen molar-refractivity contribution >= 4 is 23.1 Å². The maximum Gasteiger partial charge on any atom is 0.348 e. The van der Waals surface area contributed by atoms with Gasteiger partial charge in [0.25, 0.3) is 0 Å². The number of hydrogen-bond acceptors (Lipinski definition) is 5. The number of Topliss-reactive ketones (excluding diaryl/α,β-unsaturated/α-hetero) is 1. The van der Waals surface area contributed by atoms with Crippen LogP contribution in [0.2, 0.25) is 0 Å². The Bertz CT molecular complexity index is 724. The number of esters is 1. The number of carbonyl (C=O) groups is 2. The van der Waals surface area contributed by atoms with Crippen LogP contribution in [-0.2, 0) is 17.6 Å². The first-order valence-electron chi connectivity index (χ1n) is 8.14. The molecule has 1 aromatic carbocycles. The normalized spacial score (nSPS) is 13.7. The van der Waals surface area contributed by atoms with Crippen molar-refractivity contribution in [2.24, 2.45) is 0 Å². The van der Waals surface area contributed by atoms with Crippen LogP contribution in [-0.4, -0.2) is 25.5 Å². The quantitative estimate of drug-likeness (QED) is 0.466. The van der Waals surface area contributed by atoms with E-state index in [9.17, 15) is 9.59 Å². The number of thiophene rings is 1. The van der Waals surface area contributed by atoms with Gasteiger partial charge in [0.2, 0.25) is 5.78 Å². The number of ketones is 1. The second-order valence-electron chi connectivity index (χ2n) is 5.82. The van der Waals surface area contributed by atoms with Gasteiger partial charge < -0.3 is 9.47 Å². The predicted octanol–water partition coefficient (Wildman–Crippen LogP) is 4.07. The van der Waals surface area contributed by atoms with E-state index in [-0.39, 0.29) is 12.4 Å². The molecule has 0 amide bonds. The number of carbonyl (C=O) groups excluding carboxylic acids is 2. The number of fused-ring (bicyclic) bond motifs is 1. The summed E-state index contributed by atoms with van der Waals surface area (Å²) in [6.45, 7) is -0.276.